The van der Waals surface area contributed by atoms with Gasteiger partial charge in [-0.3, -0.25) is 0 Å². The number of hydrogen-bond donors (Lipinski definition) is 2. The van der Waals surface area contributed by atoms with Crippen molar-refractivity contribution in [1.29, 1.82) is 0 Å². The number of nitrogens with two attached hydrogens (primary N) is 1. The minimum Gasteiger partial charge on any atom is -0.465 e. The van der Waals surface area contributed by atoms with Crippen LogP contribution < -0.4 is 5.73 Å². The van der Waals surface area contributed by atoms with Gasteiger partial charge in [0.15, 0.2) is 0 Å². The van der Waals surface area contributed by atoms with Gasteiger partial charge < -0.3 is 15.7 Å². The van der Waals surface area contributed by atoms with Crippen LogP contribution in [0.1, 0.15) is 11.1 Å². The van der Waals surface area contributed by atoms with Crippen molar-refractivity contribution in [2.45, 2.75) is 13.0 Å². The summed E-state index contributed by atoms with van der Waals surface area (Å²) in [6.45, 7) is 1.02. The number of benzene rings is 1. The van der Waals surface area contributed by atoms with Crippen LogP contribution in [0.25, 0.3) is 0 Å². The van der Waals surface area contributed by atoms with Crippen LogP contribution in [0.15, 0.2) is 24.3 Å². The van der Waals surface area contributed by atoms with Gasteiger partial charge in [0.1, 0.15) is 0 Å². The molecule has 0 saturated heterocycles. The number of amides is 1. The second-order valence-corrected chi connectivity index (χ2v) is 3.50. The molecule has 0 heterocycles. The van der Waals surface area contributed by atoms with Crippen molar-refractivity contribution in [2.75, 3.05) is 13.6 Å². The van der Waals surface area contributed by atoms with Crippen LogP contribution in [-0.2, 0) is 13.0 Å². The van der Waals surface area contributed by atoms with Crippen molar-refractivity contribution in [2.24, 2.45) is 5.73 Å². The highest BCUT2D eigenvalue weighted by molar-refractivity contribution is 5.64. The Bertz CT molecular complexity index is 339. The Morgan fingerprint density at radius 3 is 2.73 bits per heavy atom. The summed E-state index contributed by atoms with van der Waals surface area (Å²) in [4.78, 5) is 11.9. The van der Waals surface area contributed by atoms with E-state index in [0.717, 1.165) is 17.5 Å². The van der Waals surface area contributed by atoms with Gasteiger partial charge in [-0.1, -0.05) is 24.3 Å². The summed E-state index contributed by atoms with van der Waals surface area (Å²) < 4.78 is 0. The number of rotatable bonds is 4. The summed E-state index contributed by atoms with van der Waals surface area (Å²) in [7, 11) is 1.55. The molecule has 82 valence electrons. The van der Waals surface area contributed by atoms with Gasteiger partial charge in [0, 0.05) is 13.6 Å². The van der Waals surface area contributed by atoms with E-state index < -0.39 is 6.09 Å². The van der Waals surface area contributed by atoms with Crippen molar-refractivity contribution in [3.8, 4) is 0 Å². The third-order valence-electron chi connectivity index (χ3n) is 2.17. The molecule has 0 fully saturated rings. The lowest BCUT2D eigenvalue weighted by atomic mass is 10.1. The highest BCUT2D eigenvalue weighted by Crippen LogP contribution is 2.08. The molecule has 0 aliphatic heterocycles. The molecule has 0 aromatic heterocycles. The second kappa shape index (κ2) is 5.36. The Kier molecular flexibility index (Phi) is 4.12. The number of nitrogens with zero attached hydrogens (tertiary/aromatic N) is 1. The summed E-state index contributed by atoms with van der Waals surface area (Å²) in [5.41, 5.74) is 7.59. The summed E-state index contributed by atoms with van der Waals surface area (Å²) >= 11 is 0. The first-order chi connectivity index (χ1) is 7.13. The molecule has 1 aromatic rings. The predicted octanol–water partition coefficient (Wildman–Crippen LogP) is 1.30. The normalized spacial score (nSPS) is 10.0. The number of carboxylic acid groups (broad SMARTS) is 1. The van der Waals surface area contributed by atoms with E-state index in [1.807, 2.05) is 24.3 Å². The van der Waals surface area contributed by atoms with E-state index in [9.17, 15) is 4.79 Å². The van der Waals surface area contributed by atoms with E-state index in [-0.39, 0.29) is 0 Å². The van der Waals surface area contributed by atoms with E-state index in [2.05, 4.69) is 0 Å². The molecule has 0 atom stereocenters. The molecule has 3 N–H and O–H groups in total. The Hall–Kier alpha value is -1.55. The average molecular weight is 208 g/mol. The number of hydrogen-bond acceptors (Lipinski definition) is 2. The Morgan fingerprint density at radius 1 is 1.47 bits per heavy atom. The van der Waals surface area contributed by atoms with Crippen LogP contribution in [0.3, 0.4) is 0 Å². The zero-order valence-electron chi connectivity index (χ0n) is 8.81. The van der Waals surface area contributed by atoms with Gasteiger partial charge in [0.2, 0.25) is 0 Å². The van der Waals surface area contributed by atoms with Gasteiger partial charge in [-0.25, -0.2) is 4.79 Å². The van der Waals surface area contributed by atoms with E-state index in [1.54, 1.807) is 7.05 Å². The van der Waals surface area contributed by atoms with Crippen LogP contribution in [0.5, 0.6) is 0 Å². The standard InChI is InChI=1S/C11H16N2O2/c1-13(11(14)15)8-10-4-2-3-9(7-10)5-6-12/h2-4,7H,5-6,8,12H2,1H3,(H,14,15). The van der Waals surface area contributed by atoms with Crippen molar-refractivity contribution >= 4 is 6.09 Å². The molecular formula is C11H16N2O2. The van der Waals surface area contributed by atoms with Crippen LogP contribution in [0.2, 0.25) is 0 Å². The van der Waals surface area contributed by atoms with Crippen LogP contribution in [0.4, 0.5) is 4.79 Å². The molecule has 0 spiro atoms. The molecule has 0 unspecified atom stereocenters. The maximum atomic E-state index is 10.6. The van der Waals surface area contributed by atoms with Gasteiger partial charge in [0.05, 0.1) is 0 Å². The lowest BCUT2D eigenvalue weighted by molar-refractivity contribution is 0.153. The highest BCUT2D eigenvalue weighted by atomic mass is 16.4. The lowest BCUT2D eigenvalue weighted by Crippen LogP contribution is -2.23. The quantitative estimate of drug-likeness (QED) is 0.783. The Balaban J connectivity index is 2.68. The molecule has 4 heteroatoms. The van der Waals surface area contributed by atoms with Gasteiger partial charge in [-0.2, -0.15) is 0 Å². The fourth-order valence-corrected chi connectivity index (χ4v) is 1.39. The predicted molar refractivity (Wildman–Crippen MR) is 58.7 cm³/mol. The minimum absolute atomic E-state index is 0.410. The van der Waals surface area contributed by atoms with E-state index in [4.69, 9.17) is 10.8 Å². The lowest BCUT2D eigenvalue weighted by Gasteiger charge is -2.13. The van der Waals surface area contributed by atoms with Gasteiger partial charge in [0.25, 0.3) is 0 Å². The van der Waals surface area contributed by atoms with Gasteiger partial charge in [-0.15, -0.1) is 0 Å². The van der Waals surface area contributed by atoms with Gasteiger partial charge in [-0.05, 0) is 24.1 Å². The molecule has 0 radical (unpaired) electrons. The van der Waals surface area contributed by atoms with Crippen LogP contribution >= 0.6 is 0 Å². The first kappa shape index (κ1) is 11.5. The van der Waals surface area contributed by atoms with Crippen molar-refractivity contribution < 1.29 is 9.90 Å². The minimum atomic E-state index is -0.917. The number of carbonyl (C=O) groups is 1. The fourth-order valence-electron chi connectivity index (χ4n) is 1.39. The molecule has 0 aliphatic rings. The SMILES string of the molecule is CN(Cc1cccc(CCN)c1)C(=O)O. The summed E-state index contributed by atoms with van der Waals surface area (Å²) in [6, 6.07) is 7.83. The molecule has 0 saturated carbocycles. The average Bonchev–Trinajstić information content (AvgIpc) is 2.18. The molecule has 1 amide bonds. The topological polar surface area (TPSA) is 66.6 Å². The summed E-state index contributed by atoms with van der Waals surface area (Å²) in [5, 5.41) is 8.72. The molecule has 4 nitrogen and oxygen atoms in total. The van der Waals surface area contributed by atoms with E-state index in [0.29, 0.717) is 13.1 Å². The molecule has 1 rings (SSSR count). The second-order valence-electron chi connectivity index (χ2n) is 3.50. The first-order valence-electron chi connectivity index (χ1n) is 4.85. The van der Waals surface area contributed by atoms with Crippen molar-refractivity contribution in [3.05, 3.63) is 35.4 Å². The molecule has 15 heavy (non-hydrogen) atoms. The fraction of sp³-hybridized carbons (Fsp3) is 0.364. The summed E-state index contributed by atoms with van der Waals surface area (Å²) in [6.07, 6.45) is -0.0933. The van der Waals surface area contributed by atoms with E-state index >= 15 is 0 Å². The maximum absolute atomic E-state index is 10.6. The molecule has 0 aliphatic carbocycles. The zero-order chi connectivity index (χ0) is 11.3. The van der Waals surface area contributed by atoms with Crippen molar-refractivity contribution in [1.82, 2.24) is 4.90 Å². The van der Waals surface area contributed by atoms with Gasteiger partial charge >= 0.3 is 6.09 Å². The highest BCUT2D eigenvalue weighted by Gasteiger charge is 2.05. The van der Waals surface area contributed by atoms with Crippen LogP contribution in [-0.4, -0.2) is 29.7 Å². The van der Waals surface area contributed by atoms with Crippen molar-refractivity contribution in [3.63, 3.8) is 0 Å². The molecule has 0 bridgehead atoms. The molecular weight excluding hydrogens is 192 g/mol. The third-order valence-corrected chi connectivity index (χ3v) is 2.17. The maximum Gasteiger partial charge on any atom is 0.407 e. The molecule has 1 aromatic carbocycles. The third kappa shape index (κ3) is 3.59. The van der Waals surface area contributed by atoms with E-state index in [1.165, 1.54) is 4.90 Å². The monoisotopic (exact) mass is 208 g/mol. The van der Waals surface area contributed by atoms with Crippen LogP contribution in [0, 0.1) is 0 Å². The largest absolute Gasteiger partial charge is 0.465 e. The smallest absolute Gasteiger partial charge is 0.407 e. The first-order valence-corrected chi connectivity index (χ1v) is 4.85. The Labute approximate surface area is 89.3 Å². The zero-order valence-corrected chi connectivity index (χ0v) is 8.81. The Morgan fingerprint density at radius 2 is 2.13 bits per heavy atom. The summed E-state index contributed by atoms with van der Waals surface area (Å²) in [5.74, 6) is 0.